The minimum absolute atomic E-state index is 0.211. The van der Waals surface area contributed by atoms with E-state index in [2.05, 4.69) is 5.32 Å². The number of hydrogen-bond acceptors (Lipinski definition) is 4. The van der Waals surface area contributed by atoms with Gasteiger partial charge >= 0.3 is 6.03 Å². The molecule has 0 spiro atoms. The third-order valence-electron chi connectivity index (χ3n) is 5.53. The van der Waals surface area contributed by atoms with Crippen molar-refractivity contribution in [2.24, 2.45) is 0 Å². The lowest BCUT2D eigenvalue weighted by Crippen LogP contribution is -2.45. The quantitative estimate of drug-likeness (QED) is 0.676. The summed E-state index contributed by atoms with van der Waals surface area (Å²) in [6, 6.07) is 10.7. The minimum Gasteiger partial charge on any atom is -0.497 e. The zero-order valence-electron chi connectivity index (χ0n) is 18.0. The van der Waals surface area contributed by atoms with Gasteiger partial charge in [0, 0.05) is 13.1 Å². The van der Waals surface area contributed by atoms with Crippen LogP contribution in [0.15, 0.2) is 36.4 Å². The summed E-state index contributed by atoms with van der Waals surface area (Å²) in [6.45, 7) is 6.65. The van der Waals surface area contributed by atoms with Crippen LogP contribution in [0.1, 0.15) is 39.2 Å². The van der Waals surface area contributed by atoms with E-state index in [9.17, 15) is 14.4 Å². The summed E-state index contributed by atoms with van der Waals surface area (Å²) < 4.78 is 5.25. The van der Waals surface area contributed by atoms with Crippen LogP contribution in [0.2, 0.25) is 0 Å². The number of imide groups is 1. The van der Waals surface area contributed by atoms with Gasteiger partial charge in [-0.05, 0) is 54.3 Å². The van der Waals surface area contributed by atoms with Crippen LogP contribution in [-0.2, 0) is 15.1 Å². The van der Waals surface area contributed by atoms with E-state index in [4.69, 9.17) is 4.74 Å². The molecule has 1 fully saturated rings. The number of amides is 4. The van der Waals surface area contributed by atoms with Crippen molar-refractivity contribution in [3.05, 3.63) is 42.0 Å². The Morgan fingerprint density at radius 3 is 2.33 bits per heavy atom. The summed E-state index contributed by atoms with van der Waals surface area (Å²) in [6.07, 6.45) is 1.65. The summed E-state index contributed by atoms with van der Waals surface area (Å²) in [7, 11) is 1.61. The molecule has 0 radical (unpaired) electrons. The SMILES string of the molecule is CCCN(CCC)C(=O)CN1C(=O)N[C@](C)(c2ccc3cc(OC)ccc3c2)C1=O. The normalized spacial score (nSPS) is 18.6. The number of hydrogen-bond donors (Lipinski definition) is 1. The molecule has 0 aromatic heterocycles. The van der Waals surface area contributed by atoms with Crippen LogP contribution in [0.5, 0.6) is 5.75 Å². The fraction of sp³-hybridized carbons (Fsp3) is 0.435. The molecule has 0 unspecified atom stereocenters. The maximum absolute atomic E-state index is 13.2. The number of carbonyl (C=O) groups excluding carboxylic acids is 3. The van der Waals surface area contributed by atoms with Crippen molar-refractivity contribution in [3.63, 3.8) is 0 Å². The van der Waals surface area contributed by atoms with Crippen LogP contribution >= 0.6 is 0 Å². The highest BCUT2D eigenvalue weighted by atomic mass is 16.5. The number of benzene rings is 2. The molecule has 3 rings (SSSR count). The Labute approximate surface area is 177 Å². The molecule has 7 nitrogen and oxygen atoms in total. The van der Waals surface area contributed by atoms with Crippen LogP contribution < -0.4 is 10.1 Å². The van der Waals surface area contributed by atoms with Crippen molar-refractivity contribution < 1.29 is 19.1 Å². The molecule has 1 heterocycles. The zero-order chi connectivity index (χ0) is 21.9. The lowest BCUT2D eigenvalue weighted by Gasteiger charge is -2.25. The van der Waals surface area contributed by atoms with E-state index in [1.807, 2.05) is 50.2 Å². The summed E-state index contributed by atoms with van der Waals surface area (Å²) in [5, 5.41) is 4.69. The fourth-order valence-corrected chi connectivity index (χ4v) is 3.83. The monoisotopic (exact) mass is 411 g/mol. The van der Waals surface area contributed by atoms with Gasteiger partial charge in [0.1, 0.15) is 17.8 Å². The van der Waals surface area contributed by atoms with Crippen molar-refractivity contribution in [2.45, 2.75) is 39.2 Å². The highest BCUT2D eigenvalue weighted by molar-refractivity contribution is 6.09. The van der Waals surface area contributed by atoms with Gasteiger partial charge in [0.15, 0.2) is 0 Å². The molecule has 4 amide bonds. The molecule has 0 aliphatic carbocycles. The molecule has 2 aromatic rings. The Bertz CT molecular complexity index is 968. The molecule has 30 heavy (non-hydrogen) atoms. The molecule has 0 saturated carbocycles. The van der Waals surface area contributed by atoms with Crippen LogP contribution in [-0.4, -0.2) is 54.4 Å². The molecule has 7 heteroatoms. The highest BCUT2D eigenvalue weighted by Gasteiger charge is 2.49. The summed E-state index contributed by atoms with van der Waals surface area (Å²) in [5.74, 6) is 0.124. The second-order valence-electron chi connectivity index (χ2n) is 7.76. The number of urea groups is 1. The van der Waals surface area contributed by atoms with Gasteiger partial charge in [-0.1, -0.05) is 32.0 Å². The Morgan fingerprint density at radius 2 is 1.70 bits per heavy atom. The second-order valence-corrected chi connectivity index (χ2v) is 7.76. The van der Waals surface area contributed by atoms with E-state index < -0.39 is 17.5 Å². The van der Waals surface area contributed by atoms with E-state index in [0.717, 1.165) is 34.3 Å². The number of carbonyl (C=O) groups is 3. The molecule has 1 aliphatic rings. The van der Waals surface area contributed by atoms with E-state index in [1.165, 1.54) is 0 Å². The van der Waals surface area contributed by atoms with E-state index in [1.54, 1.807) is 18.9 Å². The van der Waals surface area contributed by atoms with Crippen molar-refractivity contribution in [1.29, 1.82) is 0 Å². The van der Waals surface area contributed by atoms with Crippen molar-refractivity contribution in [2.75, 3.05) is 26.7 Å². The predicted octanol–water partition coefficient (Wildman–Crippen LogP) is 3.26. The molecule has 1 atom stereocenters. The molecule has 1 N–H and O–H groups in total. The number of methoxy groups -OCH3 is 1. The topological polar surface area (TPSA) is 79.0 Å². The first kappa shape index (κ1) is 21.6. The van der Waals surface area contributed by atoms with Gasteiger partial charge in [-0.15, -0.1) is 0 Å². The molecule has 0 bridgehead atoms. The minimum atomic E-state index is -1.22. The van der Waals surface area contributed by atoms with Gasteiger partial charge in [0.2, 0.25) is 5.91 Å². The molecular weight excluding hydrogens is 382 g/mol. The van der Waals surface area contributed by atoms with E-state index in [0.29, 0.717) is 18.7 Å². The van der Waals surface area contributed by atoms with Crippen LogP contribution in [0.3, 0.4) is 0 Å². The van der Waals surface area contributed by atoms with Crippen LogP contribution in [0.4, 0.5) is 4.79 Å². The lowest BCUT2D eigenvalue weighted by molar-refractivity contribution is -0.139. The van der Waals surface area contributed by atoms with Gasteiger partial charge in [-0.2, -0.15) is 0 Å². The number of fused-ring (bicyclic) bond motifs is 1. The first-order chi connectivity index (χ1) is 14.3. The number of ether oxygens (including phenoxy) is 1. The molecule has 1 aliphatic heterocycles. The Balaban J connectivity index is 1.85. The van der Waals surface area contributed by atoms with E-state index >= 15 is 0 Å². The third kappa shape index (κ3) is 3.97. The summed E-state index contributed by atoms with van der Waals surface area (Å²) >= 11 is 0. The molecular formula is C23H29N3O4. The van der Waals surface area contributed by atoms with Crippen molar-refractivity contribution in [3.8, 4) is 5.75 Å². The second kappa shape index (κ2) is 8.73. The Morgan fingerprint density at radius 1 is 1.07 bits per heavy atom. The average Bonchev–Trinajstić information content (AvgIpc) is 2.96. The first-order valence-electron chi connectivity index (χ1n) is 10.3. The Hall–Kier alpha value is -3.09. The Kier molecular flexibility index (Phi) is 6.29. The third-order valence-corrected chi connectivity index (χ3v) is 5.53. The summed E-state index contributed by atoms with van der Waals surface area (Å²) in [5.41, 5.74) is -0.543. The average molecular weight is 412 g/mol. The van der Waals surface area contributed by atoms with Crippen molar-refractivity contribution in [1.82, 2.24) is 15.1 Å². The standard InChI is InChI=1S/C23H29N3O4/c1-5-11-25(12-6-2)20(27)15-26-21(28)23(3,24-22(26)29)18-9-7-17-14-19(30-4)10-8-16(17)13-18/h7-10,13-14H,5-6,11-12,15H2,1-4H3,(H,24,29)/t23-/m1/s1. The molecule has 1 saturated heterocycles. The van der Waals surface area contributed by atoms with Gasteiger partial charge in [-0.25, -0.2) is 4.79 Å². The first-order valence-corrected chi connectivity index (χ1v) is 10.3. The number of nitrogens with one attached hydrogen (secondary N) is 1. The van der Waals surface area contributed by atoms with Crippen molar-refractivity contribution >= 4 is 28.6 Å². The highest BCUT2D eigenvalue weighted by Crippen LogP contribution is 2.32. The molecule has 2 aromatic carbocycles. The smallest absolute Gasteiger partial charge is 0.325 e. The lowest BCUT2D eigenvalue weighted by atomic mass is 9.90. The van der Waals surface area contributed by atoms with Crippen LogP contribution in [0, 0.1) is 0 Å². The molecule has 160 valence electrons. The van der Waals surface area contributed by atoms with Gasteiger partial charge in [-0.3, -0.25) is 14.5 Å². The fourth-order valence-electron chi connectivity index (χ4n) is 3.83. The van der Waals surface area contributed by atoms with Gasteiger partial charge in [0.05, 0.1) is 7.11 Å². The van der Waals surface area contributed by atoms with Crippen LogP contribution in [0.25, 0.3) is 10.8 Å². The maximum atomic E-state index is 13.2. The largest absolute Gasteiger partial charge is 0.497 e. The number of nitrogens with zero attached hydrogens (tertiary/aromatic N) is 2. The number of rotatable bonds is 8. The predicted molar refractivity (Wildman–Crippen MR) is 115 cm³/mol. The zero-order valence-corrected chi connectivity index (χ0v) is 18.0. The van der Waals surface area contributed by atoms with Gasteiger partial charge < -0.3 is 15.0 Å². The van der Waals surface area contributed by atoms with E-state index in [-0.39, 0.29) is 12.5 Å². The van der Waals surface area contributed by atoms with Gasteiger partial charge in [0.25, 0.3) is 5.91 Å². The summed E-state index contributed by atoms with van der Waals surface area (Å²) in [4.78, 5) is 41.2. The maximum Gasteiger partial charge on any atom is 0.325 e.